The van der Waals surface area contributed by atoms with Crippen LogP contribution in [0.2, 0.25) is 0 Å². The third-order valence-electron chi connectivity index (χ3n) is 6.61. The maximum absolute atomic E-state index is 12.8. The molecule has 1 N–H and O–H groups in total. The lowest BCUT2D eigenvalue weighted by Crippen LogP contribution is -2.46. The molecule has 5 unspecified atom stereocenters. The van der Waals surface area contributed by atoms with Crippen LogP contribution in [0, 0.1) is 17.8 Å². The molecule has 2 saturated carbocycles. The number of benzene rings is 1. The van der Waals surface area contributed by atoms with Crippen molar-refractivity contribution in [2.75, 3.05) is 11.4 Å². The van der Waals surface area contributed by atoms with Gasteiger partial charge >= 0.3 is 6.03 Å². The fourth-order valence-corrected chi connectivity index (χ4v) is 5.25. The van der Waals surface area contributed by atoms with Crippen LogP contribution in [0.1, 0.15) is 39.5 Å². The Bertz CT molecular complexity index is 750. The molecule has 4 amide bonds. The van der Waals surface area contributed by atoms with Crippen LogP contribution in [0.5, 0.6) is 0 Å². The van der Waals surface area contributed by atoms with Crippen molar-refractivity contribution >= 4 is 23.5 Å². The van der Waals surface area contributed by atoms with Gasteiger partial charge in [0.2, 0.25) is 5.91 Å². The molecule has 6 nitrogen and oxygen atoms in total. The minimum atomic E-state index is -0.601. The first-order chi connectivity index (χ1) is 13.0. The molecule has 1 aromatic carbocycles. The molecule has 0 radical (unpaired) electrons. The number of imide groups is 1. The van der Waals surface area contributed by atoms with Crippen LogP contribution in [0.25, 0.3) is 0 Å². The van der Waals surface area contributed by atoms with Crippen LogP contribution in [-0.2, 0) is 9.59 Å². The Morgan fingerprint density at radius 2 is 1.93 bits per heavy atom. The number of hydrogen-bond donors (Lipinski definition) is 1. The summed E-state index contributed by atoms with van der Waals surface area (Å²) < 4.78 is 0. The molecule has 1 saturated heterocycles. The Hall–Kier alpha value is -2.37. The van der Waals surface area contributed by atoms with E-state index in [-0.39, 0.29) is 24.4 Å². The number of nitrogens with zero attached hydrogens (tertiary/aromatic N) is 2. The van der Waals surface area contributed by atoms with E-state index in [1.807, 2.05) is 18.2 Å². The molecule has 4 rings (SSSR count). The maximum atomic E-state index is 12.8. The van der Waals surface area contributed by atoms with Gasteiger partial charge in [-0.2, -0.15) is 0 Å². The standard InChI is InChI=1S/C21H27N3O3/c1-13(18-11-15-8-9-16(18)10-15)22-19(25)12-23-20(26)14(2)24(21(23)27)17-6-4-3-5-7-17/h3-7,13-16,18H,8-12H2,1-2H3,(H,22,25). The van der Waals surface area contributed by atoms with E-state index < -0.39 is 12.1 Å². The van der Waals surface area contributed by atoms with Crippen molar-refractivity contribution in [1.82, 2.24) is 10.2 Å². The second kappa shape index (κ2) is 6.98. The SMILES string of the molecule is CC(NC(=O)CN1C(=O)C(C)N(c2ccccc2)C1=O)C1CC2CCC1C2. The molecular formula is C21H27N3O3. The quantitative estimate of drug-likeness (QED) is 0.812. The van der Waals surface area contributed by atoms with Gasteiger partial charge < -0.3 is 5.32 Å². The van der Waals surface area contributed by atoms with E-state index in [9.17, 15) is 14.4 Å². The van der Waals surface area contributed by atoms with Crippen LogP contribution < -0.4 is 10.2 Å². The molecule has 0 spiro atoms. The highest BCUT2D eigenvalue weighted by atomic mass is 16.2. The van der Waals surface area contributed by atoms with Gasteiger partial charge in [0.05, 0.1) is 0 Å². The van der Waals surface area contributed by atoms with Crippen molar-refractivity contribution in [2.24, 2.45) is 17.8 Å². The van der Waals surface area contributed by atoms with E-state index in [1.165, 1.54) is 30.6 Å². The van der Waals surface area contributed by atoms with E-state index in [2.05, 4.69) is 12.2 Å². The van der Waals surface area contributed by atoms with Crippen LogP contribution in [0.3, 0.4) is 0 Å². The molecule has 1 aromatic rings. The zero-order valence-electron chi connectivity index (χ0n) is 15.9. The molecule has 27 heavy (non-hydrogen) atoms. The Kier molecular flexibility index (Phi) is 4.66. The Morgan fingerprint density at radius 1 is 1.19 bits per heavy atom. The number of fused-ring (bicyclic) bond motifs is 2. The maximum Gasteiger partial charge on any atom is 0.332 e. The molecule has 2 bridgehead atoms. The van der Waals surface area contributed by atoms with Gasteiger partial charge in [0.15, 0.2) is 0 Å². The first kappa shape index (κ1) is 18.0. The van der Waals surface area contributed by atoms with Gasteiger partial charge in [0.1, 0.15) is 12.6 Å². The number of amides is 4. The zero-order valence-corrected chi connectivity index (χ0v) is 15.9. The van der Waals surface area contributed by atoms with Crippen LogP contribution in [0.15, 0.2) is 30.3 Å². The molecule has 3 aliphatic rings. The fourth-order valence-electron chi connectivity index (χ4n) is 5.25. The Labute approximate surface area is 159 Å². The highest BCUT2D eigenvalue weighted by Gasteiger charge is 2.45. The number of para-hydroxylation sites is 1. The van der Waals surface area contributed by atoms with Crippen molar-refractivity contribution in [3.63, 3.8) is 0 Å². The zero-order chi connectivity index (χ0) is 19.1. The average molecular weight is 369 g/mol. The Morgan fingerprint density at radius 3 is 2.56 bits per heavy atom. The van der Waals surface area contributed by atoms with Gasteiger partial charge in [-0.25, -0.2) is 4.79 Å². The summed E-state index contributed by atoms with van der Waals surface area (Å²) in [5, 5.41) is 3.04. The lowest BCUT2D eigenvalue weighted by molar-refractivity contribution is -0.132. The first-order valence-corrected chi connectivity index (χ1v) is 9.94. The van der Waals surface area contributed by atoms with E-state index in [0.29, 0.717) is 17.5 Å². The van der Waals surface area contributed by atoms with Crippen LogP contribution in [0.4, 0.5) is 10.5 Å². The summed E-state index contributed by atoms with van der Waals surface area (Å²) in [6.45, 7) is 3.54. The van der Waals surface area contributed by atoms with Crippen molar-refractivity contribution in [3.05, 3.63) is 30.3 Å². The van der Waals surface area contributed by atoms with Crippen molar-refractivity contribution in [3.8, 4) is 0 Å². The summed E-state index contributed by atoms with van der Waals surface area (Å²) in [6.07, 6.45) is 5.07. The van der Waals surface area contributed by atoms with Crippen molar-refractivity contribution < 1.29 is 14.4 Å². The number of carbonyl (C=O) groups excluding carboxylic acids is 3. The third kappa shape index (κ3) is 3.22. The van der Waals surface area contributed by atoms with Crippen LogP contribution in [-0.4, -0.2) is 41.4 Å². The van der Waals surface area contributed by atoms with E-state index in [0.717, 1.165) is 10.8 Å². The average Bonchev–Trinajstić information content (AvgIpc) is 3.34. The Balaban J connectivity index is 1.39. The third-order valence-corrected chi connectivity index (χ3v) is 6.61. The minimum Gasteiger partial charge on any atom is -0.352 e. The smallest absolute Gasteiger partial charge is 0.332 e. The summed E-state index contributed by atoms with van der Waals surface area (Å²) >= 11 is 0. The fraction of sp³-hybridized carbons (Fsp3) is 0.571. The number of hydrogen-bond acceptors (Lipinski definition) is 3. The van der Waals surface area contributed by atoms with Gasteiger partial charge in [0, 0.05) is 11.7 Å². The lowest BCUT2D eigenvalue weighted by atomic mass is 9.84. The number of carbonyl (C=O) groups is 3. The summed E-state index contributed by atoms with van der Waals surface area (Å²) in [6, 6.07) is 8.16. The lowest BCUT2D eigenvalue weighted by Gasteiger charge is -2.29. The molecule has 5 atom stereocenters. The number of rotatable bonds is 5. The van der Waals surface area contributed by atoms with Crippen molar-refractivity contribution in [1.29, 1.82) is 0 Å². The predicted octanol–water partition coefficient (Wildman–Crippen LogP) is 2.78. The highest BCUT2D eigenvalue weighted by molar-refractivity contribution is 6.15. The minimum absolute atomic E-state index is 0.0863. The van der Waals surface area contributed by atoms with Gasteiger partial charge in [-0.15, -0.1) is 0 Å². The summed E-state index contributed by atoms with van der Waals surface area (Å²) in [7, 11) is 0. The number of urea groups is 1. The molecular weight excluding hydrogens is 342 g/mol. The molecule has 0 aromatic heterocycles. The normalized spacial score (nSPS) is 30.9. The second-order valence-electron chi connectivity index (χ2n) is 8.28. The molecule has 1 heterocycles. The highest BCUT2D eigenvalue weighted by Crippen LogP contribution is 2.49. The van der Waals surface area contributed by atoms with Gasteiger partial charge in [-0.1, -0.05) is 24.6 Å². The first-order valence-electron chi connectivity index (χ1n) is 9.94. The molecule has 1 aliphatic heterocycles. The molecule has 144 valence electrons. The predicted molar refractivity (Wildman–Crippen MR) is 102 cm³/mol. The summed E-state index contributed by atoms with van der Waals surface area (Å²) in [5.74, 6) is 1.48. The van der Waals surface area contributed by atoms with Gasteiger partial charge in [-0.05, 0) is 63.0 Å². The molecule has 6 heteroatoms. The van der Waals surface area contributed by atoms with Gasteiger partial charge in [-0.3, -0.25) is 19.4 Å². The molecule has 2 aliphatic carbocycles. The van der Waals surface area contributed by atoms with E-state index in [4.69, 9.17) is 0 Å². The van der Waals surface area contributed by atoms with Crippen LogP contribution >= 0.6 is 0 Å². The van der Waals surface area contributed by atoms with E-state index >= 15 is 0 Å². The number of anilines is 1. The second-order valence-corrected chi connectivity index (χ2v) is 8.28. The largest absolute Gasteiger partial charge is 0.352 e. The molecule has 3 fully saturated rings. The van der Waals surface area contributed by atoms with Crippen molar-refractivity contribution in [2.45, 2.75) is 51.6 Å². The number of nitrogens with one attached hydrogen (secondary N) is 1. The summed E-state index contributed by atoms with van der Waals surface area (Å²) in [5.41, 5.74) is 0.668. The van der Waals surface area contributed by atoms with Gasteiger partial charge in [0.25, 0.3) is 5.91 Å². The topological polar surface area (TPSA) is 69.7 Å². The monoisotopic (exact) mass is 369 g/mol. The van der Waals surface area contributed by atoms with E-state index in [1.54, 1.807) is 19.1 Å². The summed E-state index contributed by atoms with van der Waals surface area (Å²) in [4.78, 5) is 40.4.